The Hall–Kier alpha value is -3.32. The number of hydrogen-bond donors (Lipinski definition) is 2. The molecule has 0 aliphatic carbocycles. The van der Waals surface area contributed by atoms with E-state index in [0.29, 0.717) is 17.1 Å². The van der Waals surface area contributed by atoms with E-state index in [1.54, 1.807) is 24.7 Å². The monoisotopic (exact) mass is 286 g/mol. The molecule has 0 fully saturated rings. The zero-order valence-corrected chi connectivity index (χ0v) is 11.8. The van der Waals surface area contributed by atoms with E-state index in [9.17, 15) is 0 Å². The molecule has 2 heterocycles. The Morgan fingerprint density at radius 1 is 1.05 bits per heavy atom. The maximum Gasteiger partial charge on any atom is 0.146 e. The summed E-state index contributed by atoms with van der Waals surface area (Å²) in [5, 5.41) is 3.18. The van der Waals surface area contributed by atoms with E-state index >= 15 is 0 Å². The molecule has 1 aromatic carbocycles. The highest BCUT2D eigenvalue weighted by Gasteiger charge is 2.06. The van der Waals surface area contributed by atoms with Crippen LogP contribution in [0.2, 0.25) is 0 Å². The third-order valence-electron chi connectivity index (χ3n) is 3.26. The number of terminal acetylenes is 1. The van der Waals surface area contributed by atoms with Crippen LogP contribution in [-0.4, -0.2) is 9.97 Å². The first-order valence-corrected chi connectivity index (χ1v) is 6.76. The lowest BCUT2D eigenvalue weighted by molar-refractivity contribution is 1.29. The molecule has 3 N–H and O–H groups in total. The van der Waals surface area contributed by atoms with Crippen molar-refractivity contribution in [3.05, 3.63) is 66.6 Å². The summed E-state index contributed by atoms with van der Waals surface area (Å²) in [6.07, 6.45) is 10.7. The minimum Gasteiger partial charge on any atom is -0.397 e. The van der Waals surface area contributed by atoms with Gasteiger partial charge in [0.1, 0.15) is 5.82 Å². The van der Waals surface area contributed by atoms with Gasteiger partial charge in [-0.15, -0.1) is 6.42 Å². The molecule has 3 aromatic rings. The van der Waals surface area contributed by atoms with Crippen LogP contribution in [0, 0.1) is 12.3 Å². The van der Waals surface area contributed by atoms with Gasteiger partial charge in [-0.05, 0) is 35.9 Å². The number of anilines is 3. The Labute approximate surface area is 129 Å². The lowest BCUT2D eigenvalue weighted by Gasteiger charge is -2.11. The van der Waals surface area contributed by atoms with E-state index in [0.717, 1.165) is 16.8 Å². The van der Waals surface area contributed by atoms with Crippen molar-refractivity contribution >= 4 is 17.2 Å². The number of rotatable bonds is 3. The third-order valence-corrected chi connectivity index (χ3v) is 3.26. The van der Waals surface area contributed by atoms with Crippen LogP contribution in [0.3, 0.4) is 0 Å². The smallest absolute Gasteiger partial charge is 0.146 e. The van der Waals surface area contributed by atoms with Gasteiger partial charge in [0.15, 0.2) is 0 Å². The number of hydrogen-bond acceptors (Lipinski definition) is 4. The molecule has 22 heavy (non-hydrogen) atoms. The maximum atomic E-state index is 6.14. The summed E-state index contributed by atoms with van der Waals surface area (Å²) in [6, 6.07) is 13.3. The second-order valence-electron chi connectivity index (χ2n) is 4.71. The molecule has 0 aliphatic heterocycles. The van der Waals surface area contributed by atoms with Gasteiger partial charge in [0.25, 0.3) is 0 Å². The Morgan fingerprint density at radius 2 is 1.91 bits per heavy atom. The van der Waals surface area contributed by atoms with Gasteiger partial charge in [-0.2, -0.15) is 0 Å². The topological polar surface area (TPSA) is 63.8 Å². The fraction of sp³-hybridized carbons (Fsp3) is 0. The number of benzene rings is 1. The average Bonchev–Trinajstić information content (AvgIpc) is 2.58. The normalized spacial score (nSPS) is 9.95. The van der Waals surface area contributed by atoms with Gasteiger partial charge in [-0.25, -0.2) is 4.98 Å². The Kier molecular flexibility index (Phi) is 3.71. The first-order chi connectivity index (χ1) is 10.8. The van der Waals surface area contributed by atoms with Crippen LogP contribution in [0.15, 0.2) is 61.1 Å². The number of nitrogens with two attached hydrogens (primary N) is 1. The van der Waals surface area contributed by atoms with E-state index in [-0.39, 0.29) is 0 Å². The Balaban J connectivity index is 1.92. The van der Waals surface area contributed by atoms with E-state index in [1.807, 2.05) is 36.4 Å². The van der Waals surface area contributed by atoms with Crippen LogP contribution < -0.4 is 11.1 Å². The second-order valence-corrected chi connectivity index (χ2v) is 4.71. The van der Waals surface area contributed by atoms with Crippen LogP contribution in [0.5, 0.6) is 0 Å². The standard InChI is InChI=1S/C18H14N4/c1-2-13-5-4-10-21-18(13)22-17-8-7-14(11-16(17)19)15-6-3-9-20-12-15/h1,3-12H,19H2,(H,21,22). The quantitative estimate of drug-likeness (QED) is 0.572. The van der Waals surface area contributed by atoms with Crippen LogP contribution in [-0.2, 0) is 0 Å². The summed E-state index contributed by atoms with van der Waals surface area (Å²) in [4.78, 5) is 8.36. The highest BCUT2D eigenvalue weighted by molar-refractivity contribution is 5.79. The number of nitrogens with zero attached hydrogens (tertiary/aromatic N) is 2. The molecule has 0 bridgehead atoms. The van der Waals surface area contributed by atoms with Crippen LogP contribution >= 0.6 is 0 Å². The molecular weight excluding hydrogens is 272 g/mol. The molecule has 4 nitrogen and oxygen atoms in total. The van der Waals surface area contributed by atoms with Gasteiger partial charge < -0.3 is 11.1 Å². The van der Waals surface area contributed by atoms with Crippen molar-refractivity contribution in [1.82, 2.24) is 9.97 Å². The van der Waals surface area contributed by atoms with E-state index in [4.69, 9.17) is 12.2 Å². The highest BCUT2D eigenvalue weighted by Crippen LogP contribution is 2.28. The molecule has 3 rings (SSSR count). The van der Waals surface area contributed by atoms with Crippen LogP contribution in [0.4, 0.5) is 17.2 Å². The summed E-state index contributed by atoms with van der Waals surface area (Å²) in [5.74, 6) is 3.21. The predicted molar refractivity (Wildman–Crippen MR) is 89.5 cm³/mol. The van der Waals surface area contributed by atoms with Gasteiger partial charge in [-0.3, -0.25) is 4.98 Å². The molecule has 0 atom stereocenters. The molecule has 0 amide bonds. The summed E-state index contributed by atoms with van der Waals surface area (Å²) < 4.78 is 0. The minimum atomic E-state index is 0.617. The van der Waals surface area contributed by atoms with Gasteiger partial charge in [-0.1, -0.05) is 18.1 Å². The molecule has 0 unspecified atom stereocenters. The van der Waals surface area contributed by atoms with E-state index in [1.165, 1.54) is 0 Å². The first-order valence-electron chi connectivity index (χ1n) is 6.76. The van der Waals surface area contributed by atoms with Gasteiger partial charge in [0, 0.05) is 24.2 Å². The summed E-state index contributed by atoms with van der Waals surface area (Å²) in [5.41, 5.74) is 10.2. The second kappa shape index (κ2) is 5.98. The molecule has 0 radical (unpaired) electrons. The van der Waals surface area contributed by atoms with Gasteiger partial charge >= 0.3 is 0 Å². The summed E-state index contributed by atoms with van der Waals surface area (Å²) >= 11 is 0. The molecule has 0 saturated heterocycles. The van der Waals surface area contributed by atoms with Crippen molar-refractivity contribution in [2.45, 2.75) is 0 Å². The summed E-state index contributed by atoms with van der Waals surface area (Å²) in [6.45, 7) is 0. The maximum absolute atomic E-state index is 6.14. The Bertz CT molecular complexity index is 835. The van der Waals surface area contributed by atoms with E-state index in [2.05, 4.69) is 21.2 Å². The lowest BCUT2D eigenvalue weighted by atomic mass is 10.1. The van der Waals surface area contributed by atoms with Crippen LogP contribution in [0.25, 0.3) is 11.1 Å². The van der Waals surface area contributed by atoms with Gasteiger partial charge in [0.2, 0.25) is 0 Å². The SMILES string of the molecule is C#Cc1cccnc1Nc1ccc(-c2cccnc2)cc1N. The van der Waals surface area contributed by atoms with Crippen molar-refractivity contribution in [3.63, 3.8) is 0 Å². The fourth-order valence-corrected chi connectivity index (χ4v) is 2.14. The molecule has 4 heteroatoms. The predicted octanol–water partition coefficient (Wildman–Crippen LogP) is 3.45. The first kappa shape index (κ1) is 13.7. The average molecular weight is 286 g/mol. The molecular formula is C18H14N4. The number of nitrogen functional groups attached to an aromatic ring is 1. The highest BCUT2D eigenvalue weighted by atomic mass is 15.0. The Morgan fingerprint density at radius 3 is 2.64 bits per heavy atom. The lowest BCUT2D eigenvalue weighted by Crippen LogP contribution is -2.00. The van der Waals surface area contributed by atoms with Crippen LogP contribution in [0.1, 0.15) is 5.56 Å². The zero-order chi connectivity index (χ0) is 15.4. The van der Waals surface area contributed by atoms with Crippen molar-refractivity contribution in [2.75, 3.05) is 11.1 Å². The van der Waals surface area contributed by atoms with Crippen molar-refractivity contribution in [2.24, 2.45) is 0 Å². The summed E-state index contributed by atoms with van der Waals surface area (Å²) in [7, 11) is 0. The number of aromatic nitrogens is 2. The molecule has 106 valence electrons. The number of nitrogens with one attached hydrogen (secondary N) is 1. The zero-order valence-electron chi connectivity index (χ0n) is 11.8. The van der Waals surface area contributed by atoms with Crippen molar-refractivity contribution in [3.8, 4) is 23.5 Å². The van der Waals surface area contributed by atoms with Gasteiger partial charge in [0.05, 0.1) is 16.9 Å². The molecule has 0 aliphatic rings. The van der Waals surface area contributed by atoms with Crippen molar-refractivity contribution in [1.29, 1.82) is 0 Å². The molecule has 0 spiro atoms. The minimum absolute atomic E-state index is 0.617. The molecule has 2 aromatic heterocycles. The fourth-order valence-electron chi connectivity index (χ4n) is 2.14. The molecule has 0 saturated carbocycles. The number of pyridine rings is 2. The third kappa shape index (κ3) is 2.74. The van der Waals surface area contributed by atoms with E-state index < -0.39 is 0 Å². The van der Waals surface area contributed by atoms with Crippen molar-refractivity contribution < 1.29 is 0 Å². The largest absolute Gasteiger partial charge is 0.397 e.